The third-order valence-electron chi connectivity index (χ3n) is 3.75. The second kappa shape index (κ2) is 7.80. The normalized spacial score (nSPS) is 11.9. The largest absolute Gasteiger partial charge is 0.453 e. The molecular formula is C17H16N4O4S2. The zero-order valence-corrected chi connectivity index (χ0v) is 16.1. The van der Waals surface area contributed by atoms with Crippen LogP contribution < -0.4 is 16.7 Å². The lowest BCUT2D eigenvalue weighted by molar-refractivity contribution is -0.119. The Kier molecular flexibility index (Phi) is 5.47. The van der Waals surface area contributed by atoms with Crippen molar-refractivity contribution in [3.63, 3.8) is 0 Å². The number of nitrogens with zero attached hydrogens (tertiary/aromatic N) is 2. The number of thioether (sulfide) groups is 1. The van der Waals surface area contributed by atoms with E-state index in [2.05, 4.69) is 15.0 Å². The van der Waals surface area contributed by atoms with Gasteiger partial charge in [0.05, 0.1) is 17.7 Å². The lowest BCUT2D eigenvalue weighted by Crippen LogP contribution is -2.37. The van der Waals surface area contributed by atoms with E-state index in [1.165, 1.54) is 11.3 Å². The maximum absolute atomic E-state index is 12.8. The molecule has 0 bridgehead atoms. The van der Waals surface area contributed by atoms with Gasteiger partial charge in [0, 0.05) is 10.9 Å². The van der Waals surface area contributed by atoms with Crippen LogP contribution in [0.5, 0.6) is 0 Å². The molecule has 2 aromatic heterocycles. The molecule has 0 unspecified atom stereocenters. The topological polar surface area (TPSA) is 116 Å². The van der Waals surface area contributed by atoms with Gasteiger partial charge in [-0.3, -0.25) is 14.9 Å². The van der Waals surface area contributed by atoms with Crippen LogP contribution in [0.3, 0.4) is 0 Å². The summed E-state index contributed by atoms with van der Waals surface area (Å²) in [6, 6.07) is 9.48. The molecule has 0 aliphatic heterocycles. The number of fused-ring (bicyclic) bond motifs is 1. The molecule has 1 atom stereocenters. The van der Waals surface area contributed by atoms with E-state index in [0.717, 1.165) is 34.7 Å². The Morgan fingerprint density at radius 2 is 2.04 bits per heavy atom. The molecular weight excluding hydrogens is 388 g/mol. The van der Waals surface area contributed by atoms with Crippen molar-refractivity contribution in [3.05, 3.63) is 46.1 Å². The molecule has 0 fully saturated rings. The average Bonchev–Trinajstić information content (AvgIpc) is 3.10. The molecule has 3 N–H and O–H groups in total. The van der Waals surface area contributed by atoms with Crippen molar-refractivity contribution in [2.24, 2.45) is 0 Å². The Morgan fingerprint density at radius 3 is 2.70 bits per heavy atom. The molecule has 2 amide bonds. The van der Waals surface area contributed by atoms with Crippen molar-refractivity contribution in [2.75, 3.05) is 13.0 Å². The zero-order chi connectivity index (χ0) is 19.6. The van der Waals surface area contributed by atoms with Crippen molar-refractivity contribution in [2.45, 2.75) is 17.3 Å². The molecule has 0 aliphatic carbocycles. The number of amides is 2. The van der Waals surface area contributed by atoms with E-state index in [9.17, 15) is 14.4 Å². The highest BCUT2D eigenvalue weighted by molar-refractivity contribution is 8.00. The van der Waals surface area contributed by atoms with Crippen molar-refractivity contribution in [1.29, 1.82) is 0 Å². The van der Waals surface area contributed by atoms with E-state index in [-0.39, 0.29) is 5.16 Å². The lowest BCUT2D eigenvalue weighted by atomic mass is 10.1. The van der Waals surface area contributed by atoms with Crippen LogP contribution in [0.1, 0.15) is 6.92 Å². The van der Waals surface area contributed by atoms with E-state index < -0.39 is 22.8 Å². The molecule has 10 heteroatoms. The van der Waals surface area contributed by atoms with Gasteiger partial charge < -0.3 is 10.6 Å². The smallest absolute Gasteiger partial charge is 0.413 e. The number of hydrogen-bond donors (Lipinski definition) is 2. The van der Waals surface area contributed by atoms with Gasteiger partial charge in [0.25, 0.3) is 5.56 Å². The maximum atomic E-state index is 12.8. The van der Waals surface area contributed by atoms with Crippen LogP contribution in [-0.2, 0) is 9.53 Å². The number of benzene rings is 1. The van der Waals surface area contributed by atoms with E-state index in [4.69, 9.17) is 5.84 Å². The van der Waals surface area contributed by atoms with Gasteiger partial charge in [0.1, 0.15) is 4.83 Å². The summed E-state index contributed by atoms with van der Waals surface area (Å²) in [7, 11) is 1.16. The van der Waals surface area contributed by atoms with E-state index in [1.54, 1.807) is 6.92 Å². The van der Waals surface area contributed by atoms with Gasteiger partial charge in [-0.1, -0.05) is 42.1 Å². The second-order valence-corrected chi connectivity index (χ2v) is 7.67. The molecule has 3 rings (SSSR count). The molecule has 0 aliphatic rings. The Balaban J connectivity index is 1.95. The number of imide groups is 1. The molecule has 0 saturated heterocycles. The van der Waals surface area contributed by atoms with Crippen LogP contribution in [0.4, 0.5) is 4.79 Å². The van der Waals surface area contributed by atoms with Crippen molar-refractivity contribution in [3.8, 4) is 11.1 Å². The standard InChI is InChI=1S/C17H16N4O4S2/c1-9(13(22)19-17(24)25-2)27-16-20-14-12(15(23)21(16)18)11(8-26-14)10-6-4-3-5-7-10/h3-9H,18H2,1-2H3,(H,19,22,24)/t9-/m1/s1. The predicted molar refractivity (Wildman–Crippen MR) is 105 cm³/mol. The highest BCUT2D eigenvalue weighted by atomic mass is 32.2. The van der Waals surface area contributed by atoms with Crippen molar-refractivity contribution >= 4 is 45.3 Å². The number of aromatic nitrogens is 2. The number of carbonyl (C=O) groups is 2. The first-order valence-electron chi connectivity index (χ1n) is 7.82. The summed E-state index contributed by atoms with van der Waals surface area (Å²) in [5.74, 6) is 5.36. The molecule has 8 nitrogen and oxygen atoms in total. The SMILES string of the molecule is COC(=O)NC(=O)[C@@H](C)Sc1nc2scc(-c3ccccc3)c2c(=O)n1N. The molecule has 0 spiro atoms. The summed E-state index contributed by atoms with van der Waals surface area (Å²) in [5.41, 5.74) is 1.26. The third kappa shape index (κ3) is 3.81. The monoisotopic (exact) mass is 404 g/mol. The van der Waals surface area contributed by atoms with Crippen LogP contribution in [0, 0.1) is 0 Å². The number of ether oxygens (including phenoxy) is 1. The number of hydrogen-bond acceptors (Lipinski definition) is 8. The van der Waals surface area contributed by atoms with Gasteiger partial charge in [-0.05, 0) is 12.5 Å². The number of methoxy groups -OCH3 is 1. The van der Waals surface area contributed by atoms with Gasteiger partial charge >= 0.3 is 6.09 Å². The quantitative estimate of drug-likeness (QED) is 0.389. The number of nitrogens with one attached hydrogen (secondary N) is 1. The van der Waals surface area contributed by atoms with Crippen LogP contribution in [0.25, 0.3) is 21.3 Å². The fourth-order valence-electron chi connectivity index (χ4n) is 2.36. The summed E-state index contributed by atoms with van der Waals surface area (Å²) in [5, 5.41) is 3.84. The minimum atomic E-state index is -0.855. The molecule has 0 radical (unpaired) electrons. The first kappa shape index (κ1) is 18.9. The highest BCUT2D eigenvalue weighted by Crippen LogP contribution is 2.32. The number of nitrogens with two attached hydrogens (primary N) is 1. The summed E-state index contributed by atoms with van der Waals surface area (Å²) in [6.07, 6.45) is -0.855. The Hall–Kier alpha value is -2.85. The van der Waals surface area contributed by atoms with Crippen LogP contribution in [-0.4, -0.2) is 34.0 Å². The van der Waals surface area contributed by atoms with Crippen molar-refractivity contribution < 1.29 is 14.3 Å². The molecule has 2 heterocycles. The summed E-state index contributed by atoms with van der Waals surface area (Å²) >= 11 is 2.31. The number of alkyl carbamates (subject to hydrolysis) is 1. The molecule has 27 heavy (non-hydrogen) atoms. The number of carbonyl (C=O) groups excluding carboxylic acids is 2. The zero-order valence-electron chi connectivity index (χ0n) is 14.5. The maximum Gasteiger partial charge on any atom is 0.413 e. The molecule has 3 aromatic rings. The number of rotatable bonds is 4. The lowest BCUT2D eigenvalue weighted by Gasteiger charge is -2.12. The Morgan fingerprint density at radius 1 is 1.33 bits per heavy atom. The molecule has 140 valence electrons. The van der Waals surface area contributed by atoms with Crippen molar-refractivity contribution in [1.82, 2.24) is 15.0 Å². The van der Waals surface area contributed by atoms with Gasteiger partial charge in [-0.2, -0.15) is 0 Å². The van der Waals surface area contributed by atoms with E-state index >= 15 is 0 Å². The fraction of sp³-hybridized carbons (Fsp3) is 0.176. The summed E-state index contributed by atoms with van der Waals surface area (Å²) in [4.78, 5) is 40.9. The predicted octanol–water partition coefficient (Wildman–Crippen LogP) is 2.20. The van der Waals surface area contributed by atoms with Gasteiger partial charge in [-0.15, -0.1) is 11.3 Å². The molecule has 1 aromatic carbocycles. The fourth-order valence-corrected chi connectivity index (χ4v) is 4.18. The minimum absolute atomic E-state index is 0.182. The number of nitrogen functional groups attached to an aromatic ring is 1. The van der Waals surface area contributed by atoms with Crippen LogP contribution >= 0.6 is 23.1 Å². The van der Waals surface area contributed by atoms with E-state index in [0.29, 0.717) is 10.2 Å². The van der Waals surface area contributed by atoms with Crippen LogP contribution in [0.15, 0.2) is 45.7 Å². The third-order valence-corrected chi connectivity index (χ3v) is 5.69. The first-order chi connectivity index (χ1) is 12.9. The minimum Gasteiger partial charge on any atom is -0.453 e. The summed E-state index contributed by atoms with van der Waals surface area (Å²) in [6.45, 7) is 1.57. The summed E-state index contributed by atoms with van der Waals surface area (Å²) < 4.78 is 5.32. The van der Waals surface area contributed by atoms with Gasteiger partial charge in [0.15, 0.2) is 5.16 Å². The van der Waals surface area contributed by atoms with E-state index in [1.807, 2.05) is 35.7 Å². The highest BCUT2D eigenvalue weighted by Gasteiger charge is 2.22. The van der Waals surface area contributed by atoms with Crippen LogP contribution in [0.2, 0.25) is 0 Å². The Labute approximate surface area is 162 Å². The molecule has 0 saturated carbocycles. The average molecular weight is 404 g/mol. The first-order valence-corrected chi connectivity index (χ1v) is 9.58. The second-order valence-electron chi connectivity index (χ2n) is 5.51. The van der Waals surface area contributed by atoms with Gasteiger partial charge in [-0.25, -0.2) is 14.5 Å². The number of thiophene rings is 1. The van der Waals surface area contributed by atoms with Gasteiger partial charge in [0.2, 0.25) is 5.91 Å². The Bertz CT molecular complexity index is 1060.